The second kappa shape index (κ2) is 5.74. The van der Waals surface area contributed by atoms with Crippen LogP contribution < -0.4 is 10.5 Å². The van der Waals surface area contributed by atoms with Crippen molar-refractivity contribution in [2.45, 2.75) is 17.9 Å². The Morgan fingerprint density at radius 3 is 2.57 bits per heavy atom. The number of nitrogens with zero attached hydrogens (tertiary/aromatic N) is 1. The topological polar surface area (TPSA) is 85.1 Å². The van der Waals surface area contributed by atoms with Crippen LogP contribution in [0.1, 0.15) is 18.7 Å². The molecule has 0 aliphatic heterocycles. The Balaban J connectivity index is 2.33. The Hall–Kier alpha value is -2.06. The monoisotopic (exact) mass is 313 g/mol. The van der Waals surface area contributed by atoms with Gasteiger partial charge in [-0.3, -0.25) is 4.98 Å². The summed E-state index contributed by atoms with van der Waals surface area (Å²) >= 11 is 0. The molecule has 0 aliphatic rings. The van der Waals surface area contributed by atoms with E-state index in [1.807, 2.05) is 0 Å². The number of nitrogens with one attached hydrogen (secondary N) is 1. The van der Waals surface area contributed by atoms with Crippen molar-refractivity contribution in [3.05, 3.63) is 53.9 Å². The first-order chi connectivity index (χ1) is 9.81. The van der Waals surface area contributed by atoms with Gasteiger partial charge in [-0.25, -0.2) is 21.9 Å². The van der Waals surface area contributed by atoms with Crippen LogP contribution in [0.15, 0.2) is 41.4 Å². The molecule has 0 fully saturated rings. The molecule has 112 valence electrons. The minimum absolute atomic E-state index is 0.440. The second-order valence-electron chi connectivity index (χ2n) is 4.40. The van der Waals surface area contributed by atoms with E-state index in [-0.39, 0.29) is 0 Å². The molecule has 0 saturated carbocycles. The van der Waals surface area contributed by atoms with Crippen LogP contribution in [0.2, 0.25) is 0 Å². The van der Waals surface area contributed by atoms with Crippen LogP contribution in [0.5, 0.6) is 0 Å². The van der Waals surface area contributed by atoms with Gasteiger partial charge in [-0.15, -0.1) is 0 Å². The highest BCUT2D eigenvalue weighted by molar-refractivity contribution is 7.89. The lowest BCUT2D eigenvalue weighted by Crippen LogP contribution is -2.28. The number of rotatable bonds is 4. The maximum absolute atomic E-state index is 13.6. The van der Waals surface area contributed by atoms with E-state index >= 15 is 0 Å². The Kier molecular flexibility index (Phi) is 4.19. The number of hydrogen-bond donors (Lipinski definition) is 2. The van der Waals surface area contributed by atoms with Gasteiger partial charge >= 0.3 is 0 Å². The Bertz CT molecular complexity index is 752. The number of hydrogen-bond acceptors (Lipinski definition) is 4. The van der Waals surface area contributed by atoms with Gasteiger partial charge in [-0.2, -0.15) is 0 Å². The van der Waals surface area contributed by atoms with Crippen molar-refractivity contribution in [1.82, 2.24) is 9.71 Å². The van der Waals surface area contributed by atoms with Crippen molar-refractivity contribution in [2.24, 2.45) is 0 Å². The largest absolute Gasteiger partial charge is 0.396 e. The fraction of sp³-hybridized carbons (Fsp3) is 0.154. The summed E-state index contributed by atoms with van der Waals surface area (Å²) in [6.07, 6.45) is 1.51. The fourth-order valence-electron chi connectivity index (χ4n) is 1.74. The average Bonchev–Trinajstić information content (AvgIpc) is 2.43. The SMILES string of the molecule is CC(NS(=O)(=O)c1cc(N)c(F)cc1F)c1ccccn1. The lowest BCUT2D eigenvalue weighted by molar-refractivity contribution is 0.536. The number of nitrogens with two attached hydrogens (primary N) is 1. The Labute approximate surface area is 120 Å². The summed E-state index contributed by atoms with van der Waals surface area (Å²) in [6, 6.07) is 5.52. The molecule has 0 aliphatic carbocycles. The molecule has 21 heavy (non-hydrogen) atoms. The van der Waals surface area contributed by atoms with Crippen LogP contribution in [0.25, 0.3) is 0 Å². The highest BCUT2D eigenvalue weighted by atomic mass is 32.2. The van der Waals surface area contributed by atoms with Crippen LogP contribution in [0.3, 0.4) is 0 Å². The van der Waals surface area contributed by atoms with Crippen molar-refractivity contribution in [1.29, 1.82) is 0 Å². The summed E-state index contributed by atoms with van der Waals surface area (Å²) < 4.78 is 53.3. The third-order valence-corrected chi connectivity index (χ3v) is 4.36. The molecule has 2 rings (SSSR count). The molecule has 1 heterocycles. The zero-order chi connectivity index (χ0) is 15.6. The van der Waals surface area contributed by atoms with Gasteiger partial charge in [0.05, 0.1) is 17.4 Å². The highest BCUT2D eigenvalue weighted by Crippen LogP contribution is 2.22. The number of sulfonamides is 1. The van der Waals surface area contributed by atoms with E-state index in [4.69, 9.17) is 5.73 Å². The van der Waals surface area contributed by atoms with Crippen molar-refractivity contribution in [3.8, 4) is 0 Å². The molecule has 1 unspecified atom stereocenters. The van der Waals surface area contributed by atoms with Crippen LogP contribution in [-0.2, 0) is 10.0 Å². The summed E-state index contributed by atoms with van der Waals surface area (Å²) in [5, 5.41) is 0. The smallest absolute Gasteiger partial charge is 0.244 e. The van der Waals surface area contributed by atoms with E-state index in [0.29, 0.717) is 11.8 Å². The van der Waals surface area contributed by atoms with Gasteiger partial charge in [0, 0.05) is 12.3 Å². The molecule has 2 aromatic rings. The van der Waals surface area contributed by atoms with E-state index in [9.17, 15) is 17.2 Å². The summed E-state index contributed by atoms with van der Waals surface area (Å²) in [7, 11) is -4.19. The number of benzene rings is 1. The molecule has 5 nitrogen and oxygen atoms in total. The lowest BCUT2D eigenvalue weighted by Gasteiger charge is -2.14. The number of anilines is 1. The molecule has 0 saturated heterocycles. The summed E-state index contributed by atoms with van der Waals surface area (Å²) in [4.78, 5) is 3.30. The average molecular weight is 313 g/mol. The van der Waals surface area contributed by atoms with Gasteiger partial charge in [0.1, 0.15) is 16.5 Å². The van der Waals surface area contributed by atoms with Crippen LogP contribution in [0.4, 0.5) is 14.5 Å². The molecule has 0 spiro atoms. The minimum Gasteiger partial charge on any atom is -0.396 e. The van der Waals surface area contributed by atoms with E-state index in [1.165, 1.54) is 6.20 Å². The van der Waals surface area contributed by atoms with E-state index in [2.05, 4.69) is 9.71 Å². The number of nitrogen functional groups attached to an aromatic ring is 1. The molecular weight excluding hydrogens is 300 g/mol. The molecule has 1 atom stereocenters. The van der Waals surface area contributed by atoms with Gasteiger partial charge in [0.2, 0.25) is 10.0 Å². The summed E-state index contributed by atoms with van der Waals surface area (Å²) in [5.74, 6) is -2.22. The number of halogens is 2. The molecule has 8 heteroatoms. The van der Waals surface area contributed by atoms with E-state index < -0.39 is 38.3 Å². The highest BCUT2D eigenvalue weighted by Gasteiger charge is 2.24. The van der Waals surface area contributed by atoms with E-state index in [1.54, 1.807) is 25.1 Å². The second-order valence-corrected chi connectivity index (χ2v) is 6.08. The van der Waals surface area contributed by atoms with Gasteiger partial charge < -0.3 is 5.73 Å². The molecule has 0 bridgehead atoms. The third kappa shape index (κ3) is 3.34. The maximum Gasteiger partial charge on any atom is 0.244 e. The molecule has 3 N–H and O–H groups in total. The Morgan fingerprint density at radius 1 is 1.24 bits per heavy atom. The first-order valence-electron chi connectivity index (χ1n) is 5.99. The summed E-state index contributed by atoms with van der Waals surface area (Å²) in [5.41, 5.74) is 5.31. The van der Waals surface area contributed by atoms with Crippen molar-refractivity contribution in [2.75, 3.05) is 5.73 Å². The van der Waals surface area contributed by atoms with Crippen LogP contribution in [-0.4, -0.2) is 13.4 Å². The zero-order valence-corrected chi connectivity index (χ0v) is 11.9. The number of pyridine rings is 1. The molecule has 0 amide bonds. The number of aromatic nitrogens is 1. The van der Waals surface area contributed by atoms with Crippen molar-refractivity contribution < 1.29 is 17.2 Å². The molecule has 1 aromatic heterocycles. The normalized spacial score (nSPS) is 13.1. The first kappa shape index (κ1) is 15.3. The maximum atomic E-state index is 13.6. The summed E-state index contributed by atoms with van der Waals surface area (Å²) in [6.45, 7) is 1.56. The third-order valence-electron chi connectivity index (χ3n) is 2.80. The predicted octanol–water partition coefficient (Wildman–Crippen LogP) is 1.98. The van der Waals surface area contributed by atoms with Gasteiger partial charge in [0.25, 0.3) is 0 Å². The molecule has 0 radical (unpaired) electrons. The standard InChI is InChI=1S/C13H13F2N3O2S/c1-8(12-4-2-3-5-17-12)18-21(19,20)13-7-11(16)9(14)6-10(13)15/h2-8,18H,16H2,1H3. The van der Waals surface area contributed by atoms with Gasteiger partial charge in [0.15, 0.2) is 0 Å². The predicted molar refractivity (Wildman–Crippen MR) is 73.7 cm³/mol. The van der Waals surface area contributed by atoms with E-state index in [0.717, 1.165) is 6.07 Å². The van der Waals surface area contributed by atoms with Gasteiger partial charge in [-0.05, 0) is 25.1 Å². The Morgan fingerprint density at radius 2 is 1.95 bits per heavy atom. The fourth-order valence-corrected chi connectivity index (χ4v) is 3.05. The van der Waals surface area contributed by atoms with Crippen LogP contribution in [0, 0.1) is 11.6 Å². The van der Waals surface area contributed by atoms with Crippen molar-refractivity contribution in [3.63, 3.8) is 0 Å². The molecular formula is C13H13F2N3O2S. The minimum atomic E-state index is -4.19. The van der Waals surface area contributed by atoms with Crippen LogP contribution >= 0.6 is 0 Å². The lowest BCUT2D eigenvalue weighted by atomic mass is 10.2. The van der Waals surface area contributed by atoms with Crippen molar-refractivity contribution >= 4 is 15.7 Å². The quantitative estimate of drug-likeness (QED) is 0.845. The molecule has 1 aromatic carbocycles. The zero-order valence-electron chi connectivity index (χ0n) is 11.0. The first-order valence-corrected chi connectivity index (χ1v) is 7.47. The van der Waals surface area contributed by atoms with Gasteiger partial charge in [-0.1, -0.05) is 6.07 Å².